The van der Waals surface area contributed by atoms with Crippen LogP contribution in [0.4, 0.5) is 0 Å². The number of hydrogen-bond acceptors (Lipinski definition) is 2. The summed E-state index contributed by atoms with van der Waals surface area (Å²) in [7, 11) is 0. The fourth-order valence-electron chi connectivity index (χ4n) is 0.857. The molecule has 0 saturated carbocycles. The van der Waals surface area contributed by atoms with Gasteiger partial charge in [0.25, 0.3) is 0 Å². The topological polar surface area (TPSA) is 12.2 Å². The van der Waals surface area contributed by atoms with Crippen molar-refractivity contribution in [1.29, 1.82) is 0 Å². The quantitative estimate of drug-likeness (QED) is 0.430. The summed E-state index contributed by atoms with van der Waals surface area (Å²) in [4.78, 5) is 2.34. The van der Waals surface area contributed by atoms with Crippen LogP contribution in [0.15, 0.2) is 0 Å². The molecule has 2 aliphatic heterocycles. The first kappa shape index (κ1) is 3.87. The molecule has 2 heteroatoms. The fraction of sp³-hybridized carbons (Fsp3) is 1.00. The third-order valence-electron chi connectivity index (χ3n) is 1.56. The summed E-state index contributed by atoms with van der Waals surface area (Å²) in [5.41, 5.74) is 0. The first-order chi connectivity index (χ1) is 3.47. The predicted octanol–water partition coefficient (Wildman–Crippen LogP) is 0.0484. The van der Waals surface area contributed by atoms with E-state index >= 15 is 0 Å². The van der Waals surface area contributed by atoms with Gasteiger partial charge in [0.1, 0.15) is 6.23 Å². The molecule has 2 rings (SSSR count). The Kier molecular flexibility index (Phi) is 0.664. The second kappa shape index (κ2) is 1.20. The van der Waals surface area contributed by atoms with Gasteiger partial charge in [-0.15, -0.1) is 0 Å². The van der Waals surface area contributed by atoms with E-state index < -0.39 is 0 Å². The molecule has 0 N–H and O–H groups in total. The molecule has 7 heavy (non-hydrogen) atoms. The van der Waals surface area contributed by atoms with Crippen molar-refractivity contribution in [3.63, 3.8) is 0 Å². The van der Waals surface area contributed by atoms with Gasteiger partial charge in [0.2, 0.25) is 0 Å². The van der Waals surface area contributed by atoms with Crippen molar-refractivity contribution < 1.29 is 4.74 Å². The highest BCUT2D eigenvalue weighted by molar-refractivity contribution is 4.79. The lowest BCUT2D eigenvalue weighted by atomic mass is 10.3. The molecule has 0 aromatic carbocycles. The minimum atomic E-state index is 0.528. The normalized spacial score (nSPS) is 40.3. The maximum atomic E-state index is 5.18. The summed E-state index contributed by atoms with van der Waals surface area (Å²) in [5, 5.41) is 0. The molecule has 0 amide bonds. The van der Waals surface area contributed by atoms with Crippen LogP contribution in [-0.2, 0) is 4.74 Å². The molecule has 2 saturated heterocycles. The highest BCUT2D eigenvalue weighted by Crippen LogP contribution is 2.21. The molecule has 0 aromatic rings. The Morgan fingerprint density at radius 2 is 2.14 bits per heavy atom. The molecule has 1 atom stereocenters. The van der Waals surface area contributed by atoms with E-state index in [1.54, 1.807) is 0 Å². The predicted molar refractivity (Wildman–Crippen MR) is 25.9 cm³/mol. The number of ether oxygens (including phenoxy) is 1. The van der Waals surface area contributed by atoms with Crippen molar-refractivity contribution in [1.82, 2.24) is 4.90 Å². The van der Waals surface area contributed by atoms with E-state index in [0.29, 0.717) is 6.23 Å². The first-order valence-corrected chi connectivity index (χ1v) is 2.82. The fourth-order valence-corrected chi connectivity index (χ4v) is 0.857. The van der Waals surface area contributed by atoms with Crippen molar-refractivity contribution in [2.45, 2.75) is 12.6 Å². The Morgan fingerprint density at radius 3 is 2.29 bits per heavy atom. The van der Waals surface area contributed by atoms with Gasteiger partial charge in [0, 0.05) is 19.5 Å². The molecule has 0 aliphatic carbocycles. The SMILES string of the molecule is C1CC(N2CC2)O1. The van der Waals surface area contributed by atoms with Gasteiger partial charge < -0.3 is 4.74 Å². The zero-order valence-corrected chi connectivity index (χ0v) is 4.26. The lowest BCUT2D eigenvalue weighted by Gasteiger charge is -2.26. The second-order valence-electron chi connectivity index (χ2n) is 2.15. The summed E-state index contributed by atoms with van der Waals surface area (Å²) >= 11 is 0. The van der Waals surface area contributed by atoms with Gasteiger partial charge in [-0.1, -0.05) is 0 Å². The third-order valence-corrected chi connectivity index (χ3v) is 1.56. The molecule has 0 spiro atoms. The molecule has 0 aromatic heterocycles. The van der Waals surface area contributed by atoms with E-state index in [-0.39, 0.29) is 0 Å². The van der Waals surface area contributed by atoms with Crippen LogP contribution in [0.2, 0.25) is 0 Å². The average Bonchev–Trinajstić information content (AvgIpc) is 2.10. The van der Waals surface area contributed by atoms with E-state index in [1.165, 1.54) is 19.5 Å². The molecule has 2 heterocycles. The second-order valence-corrected chi connectivity index (χ2v) is 2.15. The molecule has 2 aliphatic rings. The summed E-state index contributed by atoms with van der Waals surface area (Å²) in [6.07, 6.45) is 1.79. The van der Waals surface area contributed by atoms with Crippen molar-refractivity contribution >= 4 is 0 Å². The number of rotatable bonds is 1. The van der Waals surface area contributed by atoms with Crippen LogP contribution in [0.3, 0.4) is 0 Å². The smallest absolute Gasteiger partial charge is 0.112 e. The Bertz CT molecular complexity index is 76.1. The van der Waals surface area contributed by atoms with E-state index in [0.717, 1.165) is 6.61 Å². The van der Waals surface area contributed by atoms with Crippen LogP contribution >= 0.6 is 0 Å². The minimum Gasteiger partial charge on any atom is -0.363 e. The van der Waals surface area contributed by atoms with Gasteiger partial charge in [-0.05, 0) is 0 Å². The molecule has 2 nitrogen and oxygen atoms in total. The largest absolute Gasteiger partial charge is 0.363 e. The molecular formula is C5H9NO. The van der Waals surface area contributed by atoms with Crippen molar-refractivity contribution in [2.24, 2.45) is 0 Å². The third kappa shape index (κ3) is 0.545. The van der Waals surface area contributed by atoms with Gasteiger partial charge in [0.15, 0.2) is 0 Å². The van der Waals surface area contributed by atoms with E-state index in [4.69, 9.17) is 4.74 Å². The molecule has 0 radical (unpaired) electrons. The lowest BCUT2D eigenvalue weighted by molar-refractivity contribution is -0.105. The number of nitrogens with zero attached hydrogens (tertiary/aromatic N) is 1. The van der Waals surface area contributed by atoms with Gasteiger partial charge in [-0.2, -0.15) is 0 Å². The van der Waals surface area contributed by atoms with Crippen molar-refractivity contribution in [2.75, 3.05) is 19.7 Å². The van der Waals surface area contributed by atoms with E-state index in [9.17, 15) is 0 Å². The van der Waals surface area contributed by atoms with Crippen LogP contribution < -0.4 is 0 Å². The average molecular weight is 99.1 g/mol. The summed E-state index contributed by atoms with van der Waals surface area (Å²) in [6, 6.07) is 0. The Labute approximate surface area is 43.1 Å². The zero-order valence-electron chi connectivity index (χ0n) is 4.26. The lowest BCUT2D eigenvalue weighted by Crippen LogP contribution is -2.33. The Hall–Kier alpha value is -0.0800. The summed E-state index contributed by atoms with van der Waals surface area (Å²) < 4.78 is 5.18. The Balaban J connectivity index is 1.83. The molecular weight excluding hydrogens is 90.1 g/mol. The molecule has 0 bridgehead atoms. The van der Waals surface area contributed by atoms with Gasteiger partial charge in [0.05, 0.1) is 6.61 Å². The zero-order chi connectivity index (χ0) is 4.69. The van der Waals surface area contributed by atoms with Crippen LogP contribution in [-0.4, -0.2) is 30.8 Å². The van der Waals surface area contributed by atoms with Crippen LogP contribution in [0.5, 0.6) is 0 Å². The van der Waals surface area contributed by atoms with E-state index in [2.05, 4.69) is 4.90 Å². The minimum absolute atomic E-state index is 0.528. The van der Waals surface area contributed by atoms with Crippen LogP contribution in [0.1, 0.15) is 6.42 Å². The van der Waals surface area contributed by atoms with Gasteiger partial charge >= 0.3 is 0 Å². The number of hydrogen-bond donors (Lipinski definition) is 0. The summed E-state index contributed by atoms with van der Waals surface area (Å²) in [6.45, 7) is 3.52. The van der Waals surface area contributed by atoms with Gasteiger partial charge in [-0.25, -0.2) is 0 Å². The maximum Gasteiger partial charge on any atom is 0.112 e. The van der Waals surface area contributed by atoms with E-state index in [1.807, 2.05) is 0 Å². The highest BCUT2D eigenvalue weighted by Gasteiger charge is 2.32. The molecule has 1 unspecified atom stereocenters. The van der Waals surface area contributed by atoms with Gasteiger partial charge in [-0.3, -0.25) is 4.90 Å². The monoisotopic (exact) mass is 99.1 g/mol. The standard InChI is InChI=1S/C5H9NO/c1-4-7-5(1)6-2-3-6/h5H,1-4H2. The van der Waals surface area contributed by atoms with Crippen LogP contribution in [0, 0.1) is 0 Å². The van der Waals surface area contributed by atoms with Crippen LogP contribution in [0.25, 0.3) is 0 Å². The van der Waals surface area contributed by atoms with Crippen molar-refractivity contribution in [3.05, 3.63) is 0 Å². The molecule has 2 fully saturated rings. The summed E-state index contributed by atoms with van der Waals surface area (Å²) in [5.74, 6) is 0. The maximum absolute atomic E-state index is 5.18. The highest BCUT2D eigenvalue weighted by atomic mass is 16.5. The molecule has 40 valence electrons. The van der Waals surface area contributed by atoms with Crippen molar-refractivity contribution in [3.8, 4) is 0 Å². The first-order valence-electron chi connectivity index (χ1n) is 2.82. The Morgan fingerprint density at radius 1 is 1.43 bits per heavy atom.